The third-order valence-electron chi connectivity index (χ3n) is 5.26. The second-order valence-corrected chi connectivity index (χ2v) is 10.1. The van der Waals surface area contributed by atoms with Gasteiger partial charge in [0.05, 0.1) is 13.7 Å². The van der Waals surface area contributed by atoms with Crippen LogP contribution in [0.2, 0.25) is 0 Å². The summed E-state index contributed by atoms with van der Waals surface area (Å²) in [6, 6.07) is 3.47. The minimum Gasteiger partial charge on any atom is -0.463 e. The highest BCUT2D eigenvalue weighted by Gasteiger charge is 2.21. The van der Waals surface area contributed by atoms with E-state index >= 15 is 0 Å². The van der Waals surface area contributed by atoms with E-state index in [1.54, 1.807) is 6.07 Å². The van der Waals surface area contributed by atoms with Gasteiger partial charge in [-0.1, -0.05) is 28.0 Å². The van der Waals surface area contributed by atoms with Gasteiger partial charge < -0.3 is 14.1 Å². The number of unbranched alkanes of at least 4 members (excludes halogenated alkanes) is 1. The molecule has 0 aliphatic carbocycles. The van der Waals surface area contributed by atoms with E-state index in [0.717, 1.165) is 56.5 Å². The van der Waals surface area contributed by atoms with Gasteiger partial charge in [0.1, 0.15) is 5.76 Å². The van der Waals surface area contributed by atoms with Gasteiger partial charge in [0.2, 0.25) is 11.7 Å². The van der Waals surface area contributed by atoms with Crippen molar-refractivity contribution >= 4 is 33.5 Å². The molecule has 3 heterocycles. The van der Waals surface area contributed by atoms with Crippen molar-refractivity contribution in [2.45, 2.75) is 50.3 Å². The summed E-state index contributed by atoms with van der Waals surface area (Å²) in [7, 11) is 5.35. The molecule has 1 amide bonds. The smallest absolute Gasteiger partial charge is 0.373 e. The maximum Gasteiger partial charge on any atom is 0.373 e. The lowest BCUT2D eigenvalue weighted by Crippen LogP contribution is -2.34. The van der Waals surface area contributed by atoms with Crippen molar-refractivity contribution in [3.8, 4) is 0 Å². The highest BCUT2D eigenvalue weighted by molar-refractivity contribution is 8.77. The Labute approximate surface area is 175 Å². The zero-order valence-electron chi connectivity index (χ0n) is 16.6. The first-order chi connectivity index (χ1) is 13.7. The lowest BCUT2D eigenvalue weighted by atomic mass is 10.1. The molecule has 156 valence electrons. The van der Waals surface area contributed by atoms with Gasteiger partial charge in [-0.05, 0) is 37.8 Å². The number of amides is 1. The summed E-state index contributed by atoms with van der Waals surface area (Å²) in [4.78, 5) is 28.3. The van der Waals surface area contributed by atoms with Gasteiger partial charge in [0, 0.05) is 43.6 Å². The minimum atomic E-state index is -0.454. The van der Waals surface area contributed by atoms with Crippen molar-refractivity contribution in [2.75, 3.05) is 39.0 Å². The molecule has 2 aliphatic heterocycles. The van der Waals surface area contributed by atoms with E-state index in [0.29, 0.717) is 18.9 Å². The summed E-state index contributed by atoms with van der Waals surface area (Å²) in [5.74, 6) is 2.10. The fraction of sp³-hybridized carbons (Fsp3) is 0.700. The van der Waals surface area contributed by atoms with Crippen molar-refractivity contribution in [1.29, 1.82) is 0 Å². The molecule has 0 radical (unpaired) electrons. The molecule has 6 nitrogen and oxygen atoms in total. The maximum atomic E-state index is 12.6. The van der Waals surface area contributed by atoms with Crippen molar-refractivity contribution < 1.29 is 18.7 Å². The van der Waals surface area contributed by atoms with Gasteiger partial charge in [-0.3, -0.25) is 9.69 Å². The van der Waals surface area contributed by atoms with E-state index in [-0.39, 0.29) is 5.76 Å². The molecule has 1 unspecified atom stereocenters. The molecule has 3 rings (SSSR count). The minimum absolute atomic E-state index is 0.235. The Kier molecular flexibility index (Phi) is 8.61. The monoisotopic (exact) mass is 426 g/mol. The molecule has 28 heavy (non-hydrogen) atoms. The average Bonchev–Trinajstić information content (AvgIpc) is 3.33. The normalized spacial score (nSPS) is 20.9. The van der Waals surface area contributed by atoms with Gasteiger partial charge >= 0.3 is 5.97 Å². The summed E-state index contributed by atoms with van der Waals surface area (Å²) in [5, 5.41) is 0.799. The van der Waals surface area contributed by atoms with Crippen molar-refractivity contribution in [2.24, 2.45) is 0 Å². The van der Waals surface area contributed by atoms with Gasteiger partial charge in [-0.2, -0.15) is 0 Å². The average molecular weight is 427 g/mol. The van der Waals surface area contributed by atoms with E-state index in [4.69, 9.17) is 4.42 Å². The zero-order valence-corrected chi connectivity index (χ0v) is 18.2. The maximum absolute atomic E-state index is 12.6. The van der Waals surface area contributed by atoms with E-state index < -0.39 is 5.97 Å². The highest BCUT2D eigenvalue weighted by atomic mass is 33.1. The second kappa shape index (κ2) is 11.2. The van der Waals surface area contributed by atoms with Gasteiger partial charge in [-0.15, -0.1) is 0 Å². The first kappa shape index (κ1) is 21.6. The number of carbonyl (C=O) groups is 2. The standard InChI is InChI=1S/C20H30N2O4S2/c1-25-20(24)18-8-7-16(26-18)15-21-10-4-11-22(13-12-21)19(23)6-3-2-5-17-9-14-27-28-17/h7-8,17H,2-6,9-15H2,1H3. The molecule has 0 saturated carbocycles. The molecule has 1 aromatic heterocycles. The molecule has 2 aliphatic rings. The molecule has 0 spiro atoms. The SMILES string of the molecule is COC(=O)c1ccc(CN2CCCN(C(=O)CCCCC3CCSS3)CC2)o1. The number of nitrogens with zero attached hydrogens (tertiary/aromatic N) is 2. The molecule has 0 N–H and O–H groups in total. The zero-order chi connectivity index (χ0) is 19.8. The Hall–Kier alpha value is -1.12. The van der Waals surface area contributed by atoms with Crippen LogP contribution in [0.15, 0.2) is 16.5 Å². The van der Waals surface area contributed by atoms with Gasteiger partial charge in [0.15, 0.2) is 0 Å². The molecular formula is C20H30N2O4S2. The van der Waals surface area contributed by atoms with Crippen LogP contribution >= 0.6 is 21.6 Å². The van der Waals surface area contributed by atoms with Gasteiger partial charge in [0.25, 0.3) is 0 Å². The highest BCUT2D eigenvalue weighted by Crippen LogP contribution is 2.39. The Bertz CT molecular complexity index is 646. The molecule has 1 atom stereocenters. The number of rotatable bonds is 8. The molecular weight excluding hydrogens is 396 g/mol. The quantitative estimate of drug-likeness (QED) is 0.356. The molecule has 1 aromatic rings. The van der Waals surface area contributed by atoms with Crippen molar-refractivity contribution in [3.05, 3.63) is 23.7 Å². The second-order valence-electron chi connectivity index (χ2n) is 7.34. The molecule has 0 bridgehead atoms. The molecule has 2 fully saturated rings. The largest absolute Gasteiger partial charge is 0.463 e. The van der Waals surface area contributed by atoms with Crippen LogP contribution in [0.1, 0.15) is 54.8 Å². The third-order valence-corrected chi connectivity index (χ3v) is 8.27. The van der Waals surface area contributed by atoms with E-state index in [2.05, 4.69) is 9.64 Å². The van der Waals surface area contributed by atoms with Crippen LogP contribution in [0.4, 0.5) is 0 Å². The summed E-state index contributed by atoms with van der Waals surface area (Å²) in [6.07, 6.45) is 6.36. The molecule has 8 heteroatoms. The van der Waals surface area contributed by atoms with E-state index in [1.165, 1.54) is 25.7 Å². The lowest BCUT2D eigenvalue weighted by molar-refractivity contribution is -0.131. The van der Waals surface area contributed by atoms with Crippen LogP contribution < -0.4 is 0 Å². The summed E-state index contributed by atoms with van der Waals surface area (Å²) < 4.78 is 10.2. The number of methoxy groups -OCH3 is 1. The van der Waals surface area contributed by atoms with Crippen LogP contribution in [-0.2, 0) is 16.1 Å². The number of furan rings is 1. The fourth-order valence-corrected chi connectivity index (χ4v) is 6.67. The topological polar surface area (TPSA) is 63.0 Å². The number of esters is 1. The summed E-state index contributed by atoms with van der Waals surface area (Å²) >= 11 is 0. The summed E-state index contributed by atoms with van der Waals surface area (Å²) in [6.45, 7) is 4.00. The number of ether oxygens (including phenoxy) is 1. The van der Waals surface area contributed by atoms with Crippen LogP contribution in [0.25, 0.3) is 0 Å². The predicted octanol–water partition coefficient (Wildman–Crippen LogP) is 3.81. The van der Waals surface area contributed by atoms with E-state index in [1.807, 2.05) is 32.6 Å². The Morgan fingerprint density at radius 1 is 1.21 bits per heavy atom. The van der Waals surface area contributed by atoms with Crippen LogP contribution in [0.5, 0.6) is 0 Å². The molecule has 0 aromatic carbocycles. The lowest BCUT2D eigenvalue weighted by Gasteiger charge is -2.21. The fourth-order valence-electron chi connectivity index (χ4n) is 3.64. The predicted molar refractivity (Wildman–Crippen MR) is 113 cm³/mol. The van der Waals surface area contributed by atoms with Gasteiger partial charge in [-0.25, -0.2) is 4.79 Å². The third kappa shape index (κ3) is 6.46. The van der Waals surface area contributed by atoms with Crippen LogP contribution in [-0.4, -0.2) is 66.0 Å². The Morgan fingerprint density at radius 3 is 2.89 bits per heavy atom. The number of carbonyl (C=O) groups excluding carboxylic acids is 2. The Morgan fingerprint density at radius 2 is 2.11 bits per heavy atom. The van der Waals surface area contributed by atoms with Crippen molar-refractivity contribution in [3.63, 3.8) is 0 Å². The van der Waals surface area contributed by atoms with Crippen LogP contribution in [0, 0.1) is 0 Å². The number of hydrogen-bond acceptors (Lipinski definition) is 7. The summed E-state index contributed by atoms with van der Waals surface area (Å²) in [5.41, 5.74) is 0. The van der Waals surface area contributed by atoms with E-state index in [9.17, 15) is 9.59 Å². The Balaban J connectivity index is 1.37. The van der Waals surface area contributed by atoms with Crippen LogP contribution in [0.3, 0.4) is 0 Å². The first-order valence-corrected chi connectivity index (χ1v) is 12.5. The first-order valence-electron chi connectivity index (χ1n) is 10.1. The number of hydrogen-bond donors (Lipinski definition) is 0. The van der Waals surface area contributed by atoms with Crippen molar-refractivity contribution in [1.82, 2.24) is 9.80 Å². The molecule has 2 saturated heterocycles.